The van der Waals surface area contributed by atoms with Gasteiger partial charge in [-0.25, -0.2) is 4.79 Å². The summed E-state index contributed by atoms with van der Waals surface area (Å²) in [6.07, 6.45) is 1.45. The van der Waals surface area contributed by atoms with Crippen LogP contribution in [0.4, 0.5) is 4.79 Å². The average molecular weight is 320 g/mol. The highest BCUT2D eigenvalue weighted by atomic mass is 16.5. The maximum Gasteiger partial charge on any atom is 0.317 e. The summed E-state index contributed by atoms with van der Waals surface area (Å²) >= 11 is 0. The van der Waals surface area contributed by atoms with Gasteiger partial charge in [-0.1, -0.05) is 19.1 Å². The van der Waals surface area contributed by atoms with Crippen molar-refractivity contribution in [2.24, 2.45) is 5.41 Å². The molecule has 1 aromatic carbocycles. The van der Waals surface area contributed by atoms with E-state index in [1.165, 1.54) is 0 Å². The van der Waals surface area contributed by atoms with Crippen molar-refractivity contribution in [3.8, 4) is 5.75 Å². The number of nitrogens with zero attached hydrogens (tertiary/aromatic N) is 1. The maximum atomic E-state index is 12.1. The molecule has 0 aromatic heterocycles. The molecule has 2 rings (SSSR count). The molecule has 2 N–H and O–H groups in total. The number of likely N-dealkylation sites (tertiary alicyclic amines) is 1. The average Bonchev–Trinajstić information content (AvgIpc) is 2.95. The number of nitrogens with one attached hydrogen (secondary N) is 1. The lowest BCUT2D eigenvalue weighted by atomic mass is 9.90. The van der Waals surface area contributed by atoms with Crippen LogP contribution in [0.2, 0.25) is 0 Å². The van der Waals surface area contributed by atoms with E-state index in [-0.39, 0.29) is 12.6 Å². The zero-order valence-electron chi connectivity index (χ0n) is 13.7. The molecule has 23 heavy (non-hydrogen) atoms. The molecule has 1 fully saturated rings. The molecular weight excluding hydrogens is 296 g/mol. The van der Waals surface area contributed by atoms with Crippen molar-refractivity contribution < 1.29 is 19.4 Å². The van der Waals surface area contributed by atoms with E-state index in [2.05, 4.69) is 12.2 Å². The number of carbonyl (C=O) groups is 2. The molecule has 1 atom stereocenters. The molecule has 6 heteroatoms. The van der Waals surface area contributed by atoms with Gasteiger partial charge in [0.05, 0.1) is 12.0 Å². The molecule has 2 amide bonds. The van der Waals surface area contributed by atoms with E-state index >= 15 is 0 Å². The van der Waals surface area contributed by atoms with Crippen LogP contribution in [-0.2, 0) is 11.3 Å². The molecule has 0 radical (unpaired) electrons. The Morgan fingerprint density at radius 3 is 2.61 bits per heavy atom. The molecule has 0 spiro atoms. The molecule has 6 nitrogen and oxygen atoms in total. The van der Waals surface area contributed by atoms with Gasteiger partial charge in [-0.3, -0.25) is 4.79 Å². The van der Waals surface area contributed by atoms with Gasteiger partial charge in [-0.15, -0.1) is 0 Å². The highest BCUT2D eigenvalue weighted by Crippen LogP contribution is 2.30. The minimum absolute atomic E-state index is 0.221. The molecule has 0 bridgehead atoms. The quantitative estimate of drug-likeness (QED) is 0.844. The molecule has 1 aliphatic heterocycles. The zero-order valence-corrected chi connectivity index (χ0v) is 13.7. The molecule has 1 saturated heterocycles. The van der Waals surface area contributed by atoms with E-state index in [1.807, 2.05) is 24.3 Å². The van der Waals surface area contributed by atoms with Crippen LogP contribution in [0.5, 0.6) is 5.75 Å². The third kappa shape index (κ3) is 4.37. The van der Waals surface area contributed by atoms with Crippen LogP contribution < -0.4 is 10.1 Å². The molecule has 1 unspecified atom stereocenters. The zero-order chi connectivity index (χ0) is 16.9. The number of carboxylic acids is 1. The number of aliphatic carboxylic acids is 1. The lowest BCUT2D eigenvalue weighted by Gasteiger charge is -2.20. The van der Waals surface area contributed by atoms with Crippen molar-refractivity contribution in [2.45, 2.75) is 33.2 Å². The summed E-state index contributed by atoms with van der Waals surface area (Å²) in [4.78, 5) is 24.9. The highest BCUT2D eigenvalue weighted by Gasteiger charge is 2.42. The predicted octanol–water partition coefficient (Wildman–Crippen LogP) is 2.48. The lowest BCUT2D eigenvalue weighted by Crippen LogP contribution is -2.40. The van der Waals surface area contributed by atoms with E-state index in [0.717, 1.165) is 17.7 Å². The standard InChI is InChI=1S/C17H24N2O4/c1-3-10-23-14-6-4-13(5-7-14)11-18-16(22)19-9-8-17(2,12-19)15(20)21/h4-7H,3,8-12H2,1-2H3,(H,18,22)(H,20,21). The van der Waals surface area contributed by atoms with Crippen LogP contribution in [0.3, 0.4) is 0 Å². The lowest BCUT2D eigenvalue weighted by molar-refractivity contribution is -0.147. The third-order valence-corrected chi connectivity index (χ3v) is 4.12. The number of benzene rings is 1. The Morgan fingerprint density at radius 2 is 2.04 bits per heavy atom. The fourth-order valence-electron chi connectivity index (χ4n) is 2.52. The Kier molecular flexibility index (Phi) is 5.47. The molecular formula is C17H24N2O4. The predicted molar refractivity (Wildman–Crippen MR) is 86.4 cm³/mol. The fraction of sp³-hybridized carbons (Fsp3) is 0.529. The number of carboxylic acid groups (broad SMARTS) is 1. The summed E-state index contributed by atoms with van der Waals surface area (Å²) in [5, 5.41) is 12.0. The number of urea groups is 1. The number of carbonyl (C=O) groups excluding carboxylic acids is 1. The number of rotatable bonds is 6. The fourth-order valence-corrected chi connectivity index (χ4v) is 2.52. The van der Waals surface area contributed by atoms with Crippen LogP contribution in [0.1, 0.15) is 32.3 Å². The Hall–Kier alpha value is -2.24. The first-order valence-corrected chi connectivity index (χ1v) is 7.92. The van der Waals surface area contributed by atoms with Crippen molar-refractivity contribution >= 4 is 12.0 Å². The van der Waals surface area contributed by atoms with Crippen LogP contribution in [0.25, 0.3) is 0 Å². The topological polar surface area (TPSA) is 78.9 Å². The summed E-state index contributed by atoms with van der Waals surface area (Å²) in [7, 11) is 0. The SMILES string of the molecule is CCCOc1ccc(CNC(=O)N2CCC(C)(C(=O)O)C2)cc1. The van der Waals surface area contributed by atoms with E-state index in [1.54, 1.807) is 11.8 Å². The summed E-state index contributed by atoms with van der Waals surface area (Å²) in [6, 6.07) is 7.37. The van der Waals surface area contributed by atoms with Gasteiger partial charge in [0.1, 0.15) is 5.75 Å². The molecule has 126 valence electrons. The second-order valence-corrected chi connectivity index (χ2v) is 6.19. The molecule has 1 heterocycles. The van der Waals surface area contributed by atoms with Gasteiger partial charge in [0.2, 0.25) is 0 Å². The number of hydrogen-bond acceptors (Lipinski definition) is 3. The maximum absolute atomic E-state index is 12.1. The van der Waals surface area contributed by atoms with Gasteiger partial charge in [-0.2, -0.15) is 0 Å². The normalized spacial score (nSPS) is 20.3. The Morgan fingerprint density at radius 1 is 1.35 bits per heavy atom. The number of ether oxygens (including phenoxy) is 1. The van der Waals surface area contributed by atoms with Gasteiger partial charge >= 0.3 is 12.0 Å². The summed E-state index contributed by atoms with van der Waals surface area (Å²) in [5.41, 5.74) is 0.137. The van der Waals surface area contributed by atoms with Crippen molar-refractivity contribution in [1.82, 2.24) is 10.2 Å². The minimum Gasteiger partial charge on any atom is -0.494 e. The van der Waals surface area contributed by atoms with Crippen LogP contribution in [-0.4, -0.2) is 41.7 Å². The molecule has 0 aliphatic carbocycles. The summed E-state index contributed by atoms with van der Waals surface area (Å²) < 4.78 is 5.51. The van der Waals surface area contributed by atoms with Crippen LogP contribution in [0, 0.1) is 5.41 Å². The van der Waals surface area contributed by atoms with Gasteiger partial charge in [-0.05, 0) is 37.5 Å². The largest absolute Gasteiger partial charge is 0.494 e. The minimum atomic E-state index is -0.851. The van der Waals surface area contributed by atoms with Gasteiger partial charge < -0.3 is 20.1 Å². The first-order chi connectivity index (χ1) is 10.9. The molecule has 0 saturated carbocycles. The summed E-state index contributed by atoms with van der Waals surface area (Å²) in [6.45, 7) is 5.55. The van der Waals surface area contributed by atoms with Crippen molar-refractivity contribution in [1.29, 1.82) is 0 Å². The Balaban J connectivity index is 1.82. The Labute approximate surface area is 136 Å². The van der Waals surface area contributed by atoms with E-state index in [4.69, 9.17) is 4.74 Å². The van der Waals surface area contributed by atoms with Gasteiger partial charge in [0.25, 0.3) is 0 Å². The molecule has 1 aromatic rings. The van der Waals surface area contributed by atoms with Crippen molar-refractivity contribution in [2.75, 3.05) is 19.7 Å². The van der Waals surface area contributed by atoms with Crippen molar-refractivity contribution in [3.05, 3.63) is 29.8 Å². The number of hydrogen-bond donors (Lipinski definition) is 2. The summed E-state index contributed by atoms with van der Waals surface area (Å²) in [5.74, 6) is -0.0332. The monoisotopic (exact) mass is 320 g/mol. The van der Waals surface area contributed by atoms with Crippen LogP contribution in [0.15, 0.2) is 24.3 Å². The number of amides is 2. The first-order valence-electron chi connectivity index (χ1n) is 7.92. The van der Waals surface area contributed by atoms with E-state index in [0.29, 0.717) is 26.1 Å². The van der Waals surface area contributed by atoms with Gasteiger partial charge in [0.15, 0.2) is 0 Å². The highest BCUT2D eigenvalue weighted by molar-refractivity contribution is 5.79. The smallest absolute Gasteiger partial charge is 0.317 e. The van der Waals surface area contributed by atoms with Crippen molar-refractivity contribution in [3.63, 3.8) is 0 Å². The van der Waals surface area contributed by atoms with Gasteiger partial charge in [0, 0.05) is 19.6 Å². The second-order valence-electron chi connectivity index (χ2n) is 6.19. The van der Waals surface area contributed by atoms with E-state index in [9.17, 15) is 14.7 Å². The van der Waals surface area contributed by atoms with E-state index < -0.39 is 11.4 Å². The first kappa shape index (κ1) is 17.1. The second kappa shape index (κ2) is 7.35. The molecule has 1 aliphatic rings. The Bertz CT molecular complexity index is 558. The van der Waals surface area contributed by atoms with Crippen LogP contribution >= 0.6 is 0 Å². The third-order valence-electron chi connectivity index (χ3n) is 4.12.